The number of fused-ring (bicyclic) bond motifs is 1. The Bertz CT molecular complexity index is 431. The van der Waals surface area contributed by atoms with Crippen molar-refractivity contribution < 1.29 is 9.90 Å². The number of nitrogens with one attached hydrogen (secondary N) is 1. The van der Waals surface area contributed by atoms with Crippen molar-refractivity contribution in [1.29, 1.82) is 0 Å². The van der Waals surface area contributed by atoms with E-state index in [1.807, 2.05) is 13.0 Å². The maximum Gasteiger partial charge on any atom is 0.220 e. The molecule has 0 fully saturated rings. The Hall–Kier alpha value is -1.35. The van der Waals surface area contributed by atoms with Gasteiger partial charge in [-0.15, -0.1) is 0 Å². The Balaban J connectivity index is 1.78. The van der Waals surface area contributed by atoms with E-state index in [9.17, 15) is 9.90 Å². The average molecular weight is 261 g/mol. The molecule has 0 saturated carbocycles. The fraction of sp³-hybridized carbons (Fsp3) is 0.562. The topological polar surface area (TPSA) is 49.3 Å². The molecule has 1 aliphatic carbocycles. The molecule has 0 aromatic heterocycles. The van der Waals surface area contributed by atoms with Crippen molar-refractivity contribution in [2.24, 2.45) is 0 Å². The molecule has 0 aliphatic heterocycles. The molecule has 2 atom stereocenters. The Kier molecular flexibility index (Phi) is 4.97. The third-order valence-corrected chi connectivity index (χ3v) is 3.96. The number of carbonyl (C=O) groups excluding carboxylic acids is 1. The number of aryl methyl sites for hydroxylation is 1. The molecule has 1 aromatic carbocycles. The maximum atomic E-state index is 11.9. The molecule has 2 N–H and O–H groups in total. The number of carbonyl (C=O) groups is 1. The van der Waals surface area contributed by atoms with E-state index < -0.39 is 0 Å². The second-order valence-electron chi connectivity index (χ2n) is 5.34. The predicted molar refractivity (Wildman–Crippen MR) is 76.0 cm³/mol. The lowest BCUT2D eigenvalue weighted by atomic mass is 9.97. The smallest absolute Gasteiger partial charge is 0.220 e. The van der Waals surface area contributed by atoms with Crippen LogP contribution in [0.3, 0.4) is 0 Å². The maximum absolute atomic E-state index is 11.9. The predicted octanol–water partition coefficient (Wildman–Crippen LogP) is 2.38. The SMILES string of the molecule is CCC(O)CCNC(=O)CC1CCc2ccccc21. The fourth-order valence-electron chi connectivity index (χ4n) is 2.74. The summed E-state index contributed by atoms with van der Waals surface area (Å²) >= 11 is 0. The number of aliphatic hydroxyl groups is 1. The number of rotatable bonds is 6. The zero-order valence-corrected chi connectivity index (χ0v) is 11.6. The van der Waals surface area contributed by atoms with Crippen molar-refractivity contribution in [1.82, 2.24) is 5.32 Å². The highest BCUT2D eigenvalue weighted by molar-refractivity contribution is 5.77. The summed E-state index contributed by atoms with van der Waals surface area (Å²) in [6.45, 7) is 2.52. The molecule has 0 radical (unpaired) electrons. The van der Waals surface area contributed by atoms with Crippen LogP contribution in [0.1, 0.15) is 49.7 Å². The number of hydrogen-bond acceptors (Lipinski definition) is 2. The Morgan fingerprint density at radius 2 is 2.26 bits per heavy atom. The van der Waals surface area contributed by atoms with Crippen LogP contribution in [0, 0.1) is 0 Å². The summed E-state index contributed by atoms with van der Waals surface area (Å²) in [4.78, 5) is 11.9. The van der Waals surface area contributed by atoms with Crippen molar-refractivity contribution in [3.05, 3.63) is 35.4 Å². The van der Waals surface area contributed by atoms with Gasteiger partial charge in [-0.3, -0.25) is 4.79 Å². The van der Waals surface area contributed by atoms with Crippen LogP contribution < -0.4 is 5.32 Å². The van der Waals surface area contributed by atoms with Crippen molar-refractivity contribution in [3.63, 3.8) is 0 Å². The largest absolute Gasteiger partial charge is 0.393 e. The number of benzene rings is 1. The molecular weight excluding hydrogens is 238 g/mol. The van der Waals surface area contributed by atoms with Gasteiger partial charge in [-0.1, -0.05) is 31.2 Å². The van der Waals surface area contributed by atoms with E-state index in [1.54, 1.807) is 0 Å². The molecule has 2 rings (SSSR count). The highest BCUT2D eigenvalue weighted by Crippen LogP contribution is 2.34. The van der Waals surface area contributed by atoms with Gasteiger partial charge < -0.3 is 10.4 Å². The van der Waals surface area contributed by atoms with Crippen molar-refractivity contribution >= 4 is 5.91 Å². The first-order valence-corrected chi connectivity index (χ1v) is 7.23. The van der Waals surface area contributed by atoms with E-state index in [-0.39, 0.29) is 12.0 Å². The zero-order valence-electron chi connectivity index (χ0n) is 11.6. The Labute approximate surface area is 115 Å². The summed E-state index contributed by atoms with van der Waals surface area (Å²) in [5, 5.41) is 12.3. The van der Waals surface area contributed by atoms with Crippen LogP contribution in [-0.4, -0.2) is 23.7 Å². The quantitative estimate of drug-likeness (QED) is 0.826. The monoisotopic (exact) mass is 261 g/mol. The number of hydrogen-bond donors (Lipinski definition) is 2. The lowest BCUT2D eigenvalue weighted by Crippen LogP contribution is -2.27. The van der Waals surface area contributed by atoms with Gasteiger partial charge in [0.05, 0.1) is 6.10 Å². The van der Waals surface area contributed by atoms with Gasteiger partial charge in [0.1, 0.15) is 0 Å². The third kappa shape index (κ3) is 3.80. The number of aliphatic hydroxyl groups excluding tert-OH is 1. The van der Waals surface area contributed by atoms with Gasteiger partial charge in [-0.25, -0.2) is 0 Å². The fourth-order valence-corrected chi connectivity index (χ4v) is 2.74. The van der Waals surface area contributed by atoms with Crippen LogP contribution in [0.25, 0.3) is 0 Å². The molecule has 3 heteroatoms. The van der Waals surface area contributed by atoms with Gasteiger partial charge >= 0.3 is 0 Å². The summed E-state index contributed by atoms with van der Waals surface area (Å²) < 4.78 is 0. The average Bonchev–Trinajstić information content (AvgIpc) is 2.82. The molecule has 19 heavy (non-hydrogen) atoms. The van der Waals surface area contributed by atoms with Crippen LogP contribution in [0.5, 0.6) is 0 Å². The van der Waals surface area contributed by atoms with Crippen molar-refractivity contribution in [3.8, 4) is 0 Å². The summed E-state index contributed by atoms with van der Waals surface area (Å²) in [7, 11) is 0. The van der Waals surface area contributed by atoms with Crippen LogP contribution >= 0.6 is 0 Å². The normalized spacial score (nSPS) is 18.9. The molecule has 2 unspecified atom stereocenters. The standard InChI is InChI=1S/C16H23NO2/c1-2-14(18)9-10-17-16(19)11-13-8-7-12-5-3-4-6-15(12)13/h3-6,13-14,18H,2,7-11H2,1H3,(H,17,19). The molecule has 3 nitrogen and oxygen atoms in total. The van der Waals surface area contributed by atoms with Gasteiger partial charge in [-0.05, 0) is 42.7 Å². The van der Waals surface area contributed by atoms with Gasteiger partial charge in [0.2, 0.25) is 5.91 Å². The zero-order chi connectivity index (χ0) is 13.7. The van der Waals surface area contributed by atoms with Crippen LogP contribution in [-0.2, 0) is 11.2 Å². The van der Waals surface area contributed by atoms with Gasteiger partial charge in [0.15, 0.2) is 0 Å². The second kappa shape index (κ2) is 6.71. The summed E-state index contributed by atoms with van der Waals surface area (Å²) in [5.74, 6) is 0.470. The summed E-state index contributed by atoms with van der Waals surface area (Å²) in [6, 6.07) is 8.41. The van der Waals surface area contributed by atoms with E-state index in [1.165, 1.54) is 11.1 Å². The molecule has 104 valence electrons. The summed E-state index contributed by atoms with van der Waals surface area (Å²) in [6.07, 6.45) is 3.81. The highest BCUT2D eigenvalue weighted by atomic mass is 16.3. The molecule has 1 aliphatic rings. The molecule has 1 aromatic rings. The first-order chi connectivity index (χ1) is 9.20. The molecule has 0 heterocycles. The Morgan fingerprint density at radius 1 is 1.47 bits per heavy atom. The molecule has 1 amide bonds. The first-order valence-electron chi connectivity index (χ1n) is 7.23. The lowest BCUT2D eigenvalue weighted by molar-refractivity contribution is -0.121. The van der Waals surface area contributed by atoms with Crippen LogP contribution in [0.4, 0.5) is 0 Å². The van der Waals surface area contributed by atoms with Gasteiger partial charge in [0.25, 0.3) is 0 Å². The minimum atomic E-state index is -0.299. The van der Waals surface area contributed by atoms with Crippen LogP contribution in [0.2, 0.25) is 0 Å². The van der Waals surface area contributed by atoms with E-state index in [0.29, 0.717) is 25.3 Å². The van der Waals surface area contributed by atoms with E-state index >= 15 is 0 Å². The van der Waals surface area contributed by atoms with E-state index in [0.717, 1.165) is 19.3 Å². The minimum Gasteiger partial charge on any atom is -0.393 e. The second-order valence-corrected chi connectivity index (χ2v) is 5.34. The minimum absolute atomic E-state index is 0.102. The summed E-state index contributed by atoms with van der Waals surface area (Å²) in [5.41, 5.74) is 2.73. The molecule has 0 saturated heterocycles. The van der Waals surface area contributed by atoms with E-state index in [4.69, 9.17) is 0 Å². The van der Waals surface area contributed by atoms with Crippen molar-refractivity contribution in [2.45, 2.75) is 51.0 Å². The van der Waals surface area contributed by atoms with Gasteiger partial charge in [0, 0.05) is 13.0 Å². The molecular formula is C16H23NO2. The first kappa shape index (κ1) is 14.1. The van der Waals surface area contributed by atoms with Crippen molar-refractivity contribution in [2.75, 3.05) is 6.54 Å². The Morgan fingerprint density at radius 3 is 3.05 bits per heavy atom. The van der Waals surface area contributed by atoms with Gasteiger partial charge in [-0.2, -0.15) is 0 Å². The van der Waals surface area contributed by atoms with Crippen LogP contribution in [0.15, 0.2) is 24.3 Å². The highest BCUT2D eigenvalue weighted by Gasteiger charge is 2.23. The lowest BCUT2D eigenvalue weighted by Gasteiger charge is -2.13. The molecule has 0 spiro atoms. The number of amides is 1. The molecule has 0 bridgehead atoms. The van der Waals surface area contributed by atoms with E-state index in [2.05, 4.69) is 23.5 Å². The third-order valence-electron chi connectivity index (χ3n) is 3.96.